The number of carbonyl (C=O) groups is 3. The summed E-state index contributed by atoms with van der Waals surface area (Å²) in [6.07, 6.45) is 26.1. The first-order chi connectivity index (χ1) is 34.6. The largest absolute Gasteiger partial charge is 0.478 e. The van der Waals surface area contributed by atoms with E-state index < -0.39 is 17.9 Å². The summed E-state index contributed by atoms with van der Waals surface area (Å²) in [6.45, 7) is 5.92. The molecule has 0 spiro atoms. The minimum absolute atomic E-state index is 0.149. The summed E-state index contributed by atoms with van der Waals surface area (Å²) in [6, 6.07) is 66.9. The number of allylic oxidation sites excluding steroid dienone is 6. The molecule has 350 valence electrons. The third kappa shape index (κ3) is 18.2. The van der Waals surface area contributed by atoms with Crippen molar-refractivity contribution in [3.05, 3.63) is 317 Å². The SMILES string of the molecule is C=CC(=O)O.C=CC(=O)O.O=C(O)C(C=Cc1ccccc1)=C(C=Cc1ccccc1)C(C=Cc1ccccc1)=C(C=Cc1ccccc1)c1cccc(C=Cc2ccccc2)c1C=Cc1ccccc1. The van der Waals surface area contributed by atoms with Gasteiger partial charge in [-0.25, -0.2) is 14.4 Å². The van der Waals surface area contributed by atoms with Crippen molar-refractivity contribution in [2.75, 3.05) is 0 Å². The predicted molar refractivity (Wildman–Crippen MR) is 296 cm³/mol. The molecule has 7 rings (SSSR count). The lowest BCUT2D eigenvalue weighted by Crippen LogP contribution is -2.05. The molecule has 0 saturated heterocycles. The summed E-state index contributed by atoms with van der Waals surface area (Å²) in [4.78, 5) is 32.2. The Bertz CT molecular complexity index is 3070. The van der Waals surface area contributed by atoms with Crippen molar-refractivity contribution in [3.8, 4) is 0 Å². The number of hydrogen-bond acceptors (Lipinski definition) is 3. The Morgan fingerprint density at radius 1 is 0.324 bits per heavy atom. The van der Waals surface area contributed by atoms with Crippen LogP contribution in [0.1, 0.15) is 50.1 Å². The highest BCUT2D eigenvalue weighted by molar-refractivity contribution is 5.99. The smallest absolute Gasteiger partial charge is 0.336 e. The normalized spacial score (nSPS) is 11.9. The molecule has 0 aliphatic rings. The molecular weight excluding hydrogens is 877 g/mol. The van der Waals surface area contributed by atoms with Gasteiger partial charge in [-0.2, -0.15) is 0 Å². The van der Waals surface area contributed by atoms with Gasteiger partial charge < -0.3 is 15.3 Å². The second kappa shape index (κ2) is 29.2. The van der Waals surface area contributed by atoms with Gasteiger partial charge in [-0.05, 0) is 72.9 Å². The number of aliphatic carboxylic acids is 3. The Morgan fingerprint density at radius 2 is 0.634 bits per heavy atom. The molecule has 3 N–H and O–H groups in total. The maximum absolute atomic E-state index is 13.7. The van der Waals surface area contributed by atoms with Gasteiger partial charge >= 0.3 is 17.9 Å². The van der Waals surface area contributed by atoms with Crippen LogP contribution in [0.3, 0.4) is 0 Å². The van der Waals surface area contributed by atoms with Gasteiger partial charge in [0.2, 0.25) is 0 Å². The van der Waals surface area contributed by atoms with E-state index in [0.29, 0.717) is 5.57 Å². The van der Waals surface area contributed by atoms with Crippen LogP contribution in [0.15, 0.2) is 267 Å². The first-order valence-electron chi connectivity index (χ1n) is 22.6. The van der Waals surface area contributed by atoms with E-state index in [1.807, 2.05) is 164 Å². The van der Waals surface area contributed by atoms with Crippen LogP contribution in [0.25, 0.3) is 54.2 Å². The van der Waals surface area contributed by atoms with E-state index in [4.69, 9.17) is 10.2 Å². The van der Waals surface area contributed by atoms with E-state index in [9.17, 15) is 19.5 Å². The molecule has 0 aliphatic heterocycles. The average Bonchev–Trinajstić information content (AvgIpc) is 3.41. The Balaban J connectivity index is 0.000000853. The number of carboxylic acids is 3. The van der Waals surface area contributed by atoms with Crippen LogP contribution in [0.2, 0.25) is 0 Å². The highest BCUT2D eigenvalue weighted by Gasteiger charge is 2.19. The van der Waals surface area contributed by atoms with Crippen molar-refractivity contribution in [1.29, 1.82) is 0 Å². The molecule has 6 nitrogen and oxygen atoms in total. The van der Waals surface area contributed by atoms with Crippen LogP contribution in [0, 0.1) is 0 Å². The highest BCUT2D eigenvalue weighted by Crippen LogP contribution is 2.36. The zero-order chi connectivity index (χ0) is 50.5. The summed E-state index contributed by atoms with van der Waals surface area (Å²) in [7, 11) is 0. The van der Waals surface area contributed by atoms with Crippen molar-refractivity contribution < 1.29 is 29.7 Å². The molecule has 0 aromatic heterocycles. The molecule has 0 aliphatic carbocycles. The fraction of sp³-hybridized carbons (Fsp3) is 0. The maximum atomic E-state index is 13.7. The van der Waals surface area contributed by atoms with Gasteiger partial charge in [0.1, 0.15) is 0 Å². The third-order valence-corrected chi connectivity index (χ3v) is 10.3. The van der Waals surface area contributed by atoms with E-state index >= 15 is 0 Å². The lowest BCUT2D eigenvalue weighted by atomic mass is 9.86. The van der Waals surface area contributed by atoms with Gasteiger partial charge in [-0.3, -0.25) is 0 Å². The van der Waals surface area contributed by atoms with Crippen LogP contribution in [0.4, 0.5) is 0 Å². The fourth-order valence-electron chi connectivity index (χ4n) is 6.87. The van der Waals surface area contributed by atoms with Crippen molar-refractivity contribution in [1.82, 2.24) is 0 Å². The molecule has 0 heterocycles. The molecule has 7 aromatic carbocycles. The topological polar surface area (TPSA) is 112 Å². The molecule has 0 radical (unpaired) electrons. The van der Waals surface area contributed by atoms with E-state index in [2.05, 4.69) is 116 Å². The number of benzene rings is 7. The lowest BCUT2D eigenvalue weighted by molar-refractivity contribution is -0.133. The second-order valence-electron chi connectivity index (χ2n) is 15.3. The minimum Gasteiger partial charge on any atom is -0.478 e. The van der Waals surface area contributed by atoms with Gasteiger partial charge in [0.25, 0.3) is 0 Å². The molecule has 7 aromatic rings. The summed E-state index contributed by atoms with van der Waals surface area (Å²) >= 11 is 0. The molecule has 0 fully saturated rings. The zero-order valence-electron chi connectivity index (χ0n) is 39.1. The lowest BCUT2D eigenvalue weighted by Gasteiger charge is -2.18. The third-order valence-electron chi connectivity index (χ3n) is 10.3. The van der Waals surface area contributed by atoms with E-state index in [1.165, 1.54) is 0 Å². The van der Waals surface area contributed by atoms with Gasteiger partial charge in [0.05, 0.1) is 5.57 Å². The van der Waals surface area contributed by atoms with Gasteiger partial charge in [0.15, 0.2) is 0 Å². The number of rotatable bonds is 17. The number of carboxylic acid groups (broad SMARTS) is 3. The maximum Gasteiger partial charge on any atom is 0.336 e. The molecule has 0 atom stereocenters. The second-order valence-corrected chi connectivity index (χ2v) is 15.3. The molecule has 0 amide bonds. The Kier molecular flexibility index (Phi) is 21.5. The van der Waals surface area contributed by atoms with Crippen LogP contribution in [-0.4, -0.2) is 33.2 Å². The fourth-order valence-corrected chi connectivity index (χ4v) is 6.87. The monoisotopic (exact) mass is 930 g/mol. The van der Waals surface area contributed by atoms with Crippen molar-refractivity contribution in [2.24, 2.45) is 0 Å². The Hall–Kier alpha value is -9.65. The quantitative estimate of drug-likeness (QED) is 0.0476. The summed E-state index contributed by atoms with van der Waals surface area (Å²) in [5.74, 6) is -3.00. The molecule has 0 bridgehead atoms. The van der Waals surface area contributed by atoms with Crippen molar-refractivity contribution >= 4 is 72.1 Å². The standard InChI is InChI=1S/C59H46O2.2C3H4O2/c60-59(61)58(45-39-51-30-17-6-18-31-51)57(44-38-50-28-15-5-16-29-50)56(43-37-49-26-13-4-14-27-49)55(42-36-48-24-11-3-12-25-48)54-33-19-32-52(40-34-46-20-7-1-8-21-46)53(54)41-35-47-22-9-2-10-23-47;2*1-2-3(4)5/h1-45H,(H,60,61);2*2H,1H2,(H,4,5). The van der Waals surface area contributed by atoms with Crippen molar-refractivity contribution in [2.45, 2.75) is 0 Å². The Labute approximate surface area is 416 Å². The van der Waals surface area contributed by atoms with Crippen LogP contribution >= 0.6 is 0 Å². The first kappa shape index (κ1) is 52.3. The number of hydrogen-bond donors (Lipinski definition) is 3. The van der Waals surface area contributed by atoms with Crippen molar-refractivity contribution in [3.63, 3.8) is 0 Å². The molecule has 0 unspecified atom stereocenters. The summed E-state index contributed by atoms with van der Waals surface area (Å²) in [5.41, 5.74) is 11.2. The predicted octanol–water partition coefficient (Wildman–Crippen LogP) is 15.5. The van der Waals surface area contributed by atoms with E-state index in [1.54, 1.807) is 6.08 Å². The average molecular weight is 931 g/mol. The summed E-state index contributed by atoms with van der Waals surface area (Å²) in [5, 5.41) is 26.4. The Morgan fingerprint density at radius 3 is 0.986 bits per heavy atom. The molecule has 0 saturated carbocycles. The van der Waals surface area contributed by atoms with Crippen LogP contribution in [0.5, 0.6) is 0 Å². The van der Waals surface area contributed by atoms with E-state index in [0.717, 1.165) is 73.4 Å². The zero-order valence-corrected chi connectivity index (χ0v) is 39.1. The van der Waals surface area contributed by atoms with Crippen LogP contribution in [-0.2, 0) is 14.4 Å². The van der Waals surface area contributed by atoms with E-state index in [-0.39, 0.29) is 5.57 Å². The highest BCUT2D eigenvalue weighted by atomic mass is 16.4. The molecular formula is C65H54O6. The van der Waals surface area contributed by atoms with Gasteiger partial charge in [0, 0.05) is 12.2 Å². The minimum atomic E-state index is -1.04. The molecule has 71 heavy (non-hydrogen) atoms. The van der Waals surface area contributed by atoms with Gasteiger partial charge in [-0.1, -0.05) is 280 Å². The summed E-state index contributed by atoms with van der Waals surface area (Å²) < 4.78 is 0. The van der Waals surface area contributed by atoms with Gasteiger partial charge in [-0.15, -0.1) is 0 Å². The molecule has 6 heteroatoms. The first-order valence-corrected chi connectivity index (χ1v) is 22.6. The van der Waals surface area contributed by atoms with Crippen LogP contribution < -0.4 is 0 Å².